The molecular formula is C20H31BrP2. The summed E-state index contributed by atoms with van der Waals surface area (Å²) in [6.07, 6.45) is 2.36. The fourth-order valence-corrected chi connectivity index (χ4v) is 2.97. The number of hydrogen-bond acceptors (Lipinski definition) is 0. The molecule has 0 aliphatic rings. The molecule has 3 heteroatoms. The molecule has 2 aromatic carbocycles. The molecule has 0 N–H and O–H groups in total. The highest BCUT2D eigenvalue weighted by molar-refractivity contribution is 8.93. The van der Waals surface area contributed by atoms with Crippen molar-refractivity contribution >= 4 is 46.1 Å². The molecule has 2 aromatic rings. The van der Waals surface area contributed by atoms with Gasteiger partial charge in [-0.1, -0.05) is 76.2 Å². The van der Waals surface area contributed by atoms with Crippen LogP contribution in [0.1, 0.15) is 38.8 Å². The molecule has 0 nitrogen and oxygen atoms in total. The van der Waals surface area contributed by atoms with E-state index in [2.05, 4.69) is 94.7 Å². The van der Waals surface area contributed by atoms with Crippen LogP contribution in [-0.2, 0) is 12.8 Å². The minimum Gasteiger partial charge on any atom is -0.114 e. The minimum absolute atomic E-state index is 0. The zero-order valence-electron chi connectivity index (χ0n) is 14.8. The molecule has 0 spiro atoms. The van der Waals surface area contributed by atoms with E-state index in [4.69, 9.17) is 0 Å². The maximum atomic E-state index is 2.78. The Kier molecular flexibility index (Phi) is 12.1. The van der Waals surface area contributed by atoms with Crippen LogP contribution in [0.5, 0.6) is 0 Å². The van der Waals surface area contributed by atoms with Crippen molar-refractivity contribution in [2.75, 3.05) is 0 Å². The maximum Gasteiger partial charge on any atom is -0.0250 e. The molecule has 0 aliphatic carbocycles. The third-order valence-corrected chi connectivity index (χ3v) is 4.49. The molecule has 0 radical (unpaired) electrons. The lowest BCUT2D eigenvalue weighted by atomic mass is 10.0. The van der Waals surface area contributed by atoms with Crippen molar-refractivity contribution in [3.05, 3.63) is 59.7 Å². The first-order valence-electron chi connectivity index (χ1n) is 8.07. The van der Waals surface area contributed by atoms with Gasteiger partial charge in [-0.3, -0.25) is 0 Å². The molecular weight excluding hydrogens is 382 g/mol. The number of hydrogen-bond donors (Lipinski definition) is 0. The fraction of sp³-hybridized carbons (Fsp3) is 0.400. The molecule has 0 bridgehead atoms. The monoisotopic (exact) mass is 412 g/mol. The number of rotatable bonds is 4. The first-order chi connectivity index (χ1) is 10.4. The van der Waals surface area contributed by atoms with Gasteiger partial charge in [0.2, 0.25) is 0 Å². The van der Waals surface area contributed by atoms with Gasteiger partial charge in [0.15, 0.2) is 0 Å². The quantitative estimate of drug-likeness (QED) is 0.593. The average Bonchev–Trinajstić information content (AvgIpc) is 2.44. The highest BCUT2D eigenvalue weighted by atomic mass is 79.9. The van der Waals surface area contributed by atoms with E-state index in [1.54, 1.807) is 0 Å². The summed E-state index contributed by atoms with van der Waals surface area (Å²) >= 11 is 0. The van der Waals surface area contributed by atoms with Gasteiger partial charge in [-0.25, -0.2) is 0 Å². The number of benzene rings is 2. The van der Waals surface area contributed by atoms with E-state index in [1.807, 2.05) is 0 Å². The van der Waals surface area contributed by atoms with Crippen LogP contribution in [0.3, 0.4) is 0 Å². The van der Waals surface area contributed by atoms with Crippen molar-refractivity contribution < 1.29 is 0 Å². The molecule has 23 heavy (non-hydrogen) atoms. The van der Waals surface area contributed by atoms with Crippen LogP contribution >= 0.6 is 35.5 Å². The van der Waals surface area contributed by atoms with Crippen molar-refractivity contribution in [3.8, 4) is 0 Å². The van der Waals surface area contributed by atoms with E-state index in [1.165, 1.54) is 34.6 Å². The van der Waals surface area contributed by atoms with Crippen LogP contribution in [0.25, 0.3) is 0 Å². The zero-order chi connectivity index (χ0) is 16.5. The Morgan fingerprint density at radius 1 is 0.652 bits per heavy atom. The van der Waals surface area contributed by atoms with Crippen LogP contribution in [0.4, 0.5) is 0 Å². The third-order valence-electron chi connectivity index (χ3n) is 3.37. The Balaban J connectivity index is 0.000000403. The lowest BCUT2D eigenvalue weighted by Gasteiger charge is -2.06. The lowest BCUT2D eigenvalue weighted by Crippen LogP contribution is -2.04. The maximum absolute atomic E-state index is 2.78. The van der Waals surface area contributed by atoms with Gasteiger partial charge < -0.3 is 0 Å². The fourth-order valence-electron chi connectivity index (χ4n) is 2.32. The van der Waals surface area contributed by atoms with Crippen molar-refractivity contribution in [3.63, 3.8) is 0 Å². The molecule has 0 aliphatic heterocycles. The normalized spacial score (nSPS) is 10.1. The lowest BCUT2D eigenvalue weighted by molar-refractivity contribution is 0.649. The topological polar surface area (TPSA) is 0 Å². The smallest absolute Gasteiger partial charge is 0.0250 e. The van der Waals surface area contributed by atoms with E-state index < -0.39 is 0 Å². The summed E-state index contributed by atoms with van der Waals surface area (Å²) < 4.78 is 0. The van der Waals surface area contributed by atoms with Gasteiger partial charge in [-0.2, -0.15) is 0 Å². The zero-order valence-corrected chi connectivity index (χ0v) is 18.8. The molecule has 2 rings (SSSR count). The SMILES string of the molecule is Br.CC(C)Cc1ccccc1P.CC(C)Cc1ccccc1P. The van der Waals surface area contributed by atoms with Gasteiger partial charge in [0.25, 0.3) is 0 Å². The Morgan fingerprint density at radius 3 is 1.22 bits per heavy atom. The largest absolute Gasteiger partial charge is 0.114 e. The second kappa shape index (κ2) is 12.2. The summed E-state index contributed by atoms with van der Waals surface area (Å²) in [6, 6.07) is 17.0. The van der Waals surface area contributed by atoms with E-state index in [9.17, 15) is 0 Å². The van der Waals surface area contributed by atoms with Crippen molar-refractivity contribution in [2.45, 2.75) is 40.5 Å². The Bertz CT molecular complexity index is 514. The van der Waals surface area contributed by atoms with E-state index in [-0.39, 0.29) is 17.0 Å². The van der Waals surface area contributed by atoms with Gasteiger partial charge in [0.1, 0.15) is 0 Å². The van der Waals surface area contributed by atoms with Crippen LogP contribution < -0.4 is 10.6 Å². The summed E-state index contributed by atoms with van der Waals surface area (Å²) in [6.45, 7) is 8.99. The summed E-state index contributed by atoms with van der Waals surface area (Å²) in [5, 5.41) is 2.67. The molecule has 0 fully saturated rings. The predicted molar refractivity (Wildman–Crippen MR) is 119 cm³/mol. The number of halogens is 1. The second-order valence-electron chi connectivity index (χ2n) is 6.59. The van der Waals surface area contributed by atoms with Crippen molar-refractivity contribution in [1.82, 2.24) is 0 Å². The first kappa shape index (κ1) is 22.8. The second-order valence-corrected chi connectivity index (χ2v) is 7.84. The highest BCUT2D eigenvalue weighted by Gasteiger charge is 1.99. The van der Waals surface area contributed by atoms with Gasteiger partial charge in [0.05, 0.1) is 0 Å². The van der Waals surface area contributed by atoms with E-state index in [0.29, 0.717) is 0 Å². The third kappa shape index (κ3) is 9.61. The molecule has 0 amide bonds. The summed E-state index contributed by atoms with van der Waals surface area (Å²) in [4.78, 5) is 0. The van der Waals surface area contributed by atoms with E-state index >= 15 is 0 Å². The van der Waals surface area contributed by atoms with Crippen molar-refractivity contribution in [1.29, 1.82) is 0 Å². The van der Waals surface area contributed by atoms with Crippen LogP contribution in [0.2, 0.25) is 0 Å². The van der Waals surface area contributed by atoms with Crippen molar-refractivity contribution in [2.24, 2.45) is 11.8 Å². The summed E-state index contributed by atoms with van der Waals surface area (Å²) in [7, 11) is 5.55. The Hall–Kier alpha value is -0.220. The Morgan fingerprint density at radius 2 is 0.957 bits per heavy atom. The highest BCUT2D eigenvalue weighted by Crippen LogP contribution is 2.08. The summed E-state index contributed by atoms with van der Waals surface area (Å²) in [5.74, 6) is 1.49. The molecule has 2 atom stereocenters. The predicted octanol–water partition coefficient (Wildman–Crippen LogP) is 5.35. The standard InChI is InChI=1S/2C10H15P.BrH/c2*1-8(2)7-9-5-3-4-6-10(9)11;/h2*3-6,8H,7,11H2,1-2H3;1H. The van der Waals surface area contributed by atoms with Gasteiger partial charge >= 0.3 is 0 Å². The molecule has 2 unspecified atom stereocenters. The van der Waals surface area contributed by atoms with Gasteiger partial charge in [-0.15, -0.1) is 35.5 Å². The van der Waals surface area contributed by atoms with Gasteiger partial charge in [0, 0.05) is 0 Å². The molecule has 0 heterocycles. The Labute approximate surface area is 158 Å². The molecule has 0 aromatic heterocycles. The van der Waals surface area contributed by atoms with Crippen LogP contribution in [0, 0.1) is 11.8 Å². The first-order valence-corrected chi connectivity index (χ1v) is 9.22. The van der Waals surface area contributed by atoms with Gasteiger partial charge in [-0.05, 0) is 46.4 Å². The minimum atomic E-state index is 0. The molecule has 0 saturated carbocycles. The molecule has 0 saturated heterocycles. The molecule has 128 valence electrons. The summed E-state index contributed by atoms with van der Waals surface area (Å²) in [5.41, 5.74) is 2.90. The van der Waals surface area contributed by atoms with Crippen LogP contribution in [0.15, 0.2) is 48.5 Å². The average molecular weight is 413 g/mol. The van der Waals surface area contributed by atoms with Crippen LogP contribution in [-0.4, -0.2) is 0 Å². The van der Waals surface area contributed by atoms with E-state index in [0.717, 1.165) is 11.8 Å².